The third-order valence-corrected chi connectivity index (χ3v) is 7.35. The van der Waals surface area contributed by atoms with Gasteiger partial charge in [0.05, 0.1) is 11.2 Å². The lowest BCUT2D eigenvalue weighted by Crippen LogP contribution is -2.08. The minimum Gasteiger partial charge on any atom is -0.356 e. The van der Waals surface area contributed by atoms with Crippen molar-refractivity contribution in [2.24, 2.45) is 0 Å². The van der Waals surface area contributed by atoms with Crippen LogP contribution in [0, 0.1) is 0 Å². The molecule has 0 saturated carbocycles. The highest BCUT2D eigenvalue weighted by atomic mass is 16.5. The third kappa shape index (κ3) is 2.19. The van der Waals surface area contributed by atoms with Gasteiger partial charge in [-0.25, -0.2) is 4.98 Å². The highest BCUT2D eigenvalue weighted by Gasteiger charge is 2.46. The molecule has 8 rings (SSSR count). The molecule has 0 saturated heterocycles. The lowest BCUT2D eigenvalue weighted by atomic mass is 9.80. The van der Waals surface area contributed by atoms with Crippen LogP contribution in [0.4, 0.5) is 0 Å². The van der Waals surface area contributed by atoms with E-state index in [4.69, 9.17) is 9.72 Å². The summed E-state index contributed by atoms with van der Waals surface area (Å²) >= 11 is 0. The zero-order valence-electron chi connectivity index (χ0n) is 17.8. The molecule has 2 unspecified atom stereocenters. The van der Waals surface area contributed by atoms with E-state index in [0.717, 1.165) is 16.8 Å². The highest BCUT2D eigenvalue weighted by molar-refractivity contribution is 6.25. The van der Waals surface area contributed by atoms with Gasteiger partial charge < -0.3 is 4.74 Å². The van der Waals surface area contributed by atoms with Crippen LogP contribution >= 0.6 is 0 Å². The molecule has 3 heterocycles. The van der Waals surface area contributed by atoms with E-state index in [0.29, 0.717) is 0 Å². The van der Waals surface area contributed by atoms with E-state index in [9.17, 15) is 0 Å². The van der Waals surface area contributed by atoms with Gasteiger partial charge in [0, 0.05) is 27.5 Å². The summed E-state index contributed by atoms with van der Waals surface area (Å²) in [6.45, 7) is 0. The number of hydrogen-bond donors (Lipinski definition) is 0. The van der Waals surface area contributed by atoms with E-state index >= 15 is 0 Å². The van der Waals surface area contributed by atoms with E-state index in [1.165, 1.54) is 49.2 Å². The summed E-state index contributed by atoms with van der Waals surface area (Å²) in [5, 5.41) is 6.20. The number of benzene rings is 5. The molecule has 0 aliphatic carbocycles. The zero-order chi connectivity index (χ0) is 21.5. The maximum Gasteiger partial charge on any atom is 0.112 e. The number of fused-ring (bicyclic) bond motifs is 15. The van der Waals surface area contributed by atoms with Crippen LogP contribution < -0.4 is 0 Å². The van der Waals surface area contributed by atoms with Crippen molar-refractivity contribution >= 4 is 32.4 Å². The van der Waals surface area contributed by atoms with Crippen LogP contribution in [0.5, 0.6) is 0 Å². The average molecular weight is 421 g/mol. The van der Waals surface area contributed by atoms with Gasteiger partial charge >= 0.3 is 0 Å². The first-order chi connectivity index (χ1) is 16.4. The monoisotopic (exact) mass is 421 g/mol. The minimum atomic E-state index is -0.0708. The number of aromatic nitrogens is 1. The molecule has 154 valence electrons. The lowest BCUT2D eigenvalue weighted by molar-refractivity contribution is 0.0863. The predicted molar refractivity (Wildman–Crippen MR) is 133 cm³/mol. The average Bonchev–Trinajstić information content (AvgIpc) is 3.47. The molecule has 0 N–H and O–H groups in total. The number of rotatable bonds is 1. The molecule has 2 aliphatic rings. The summed E-state index contributed by atoms with van der Waals surface area (Å²) in [5.41, 5.74) is 8.34. The Morgan fingerprint density at radius 3 is 1.79 bits per heavy atom. The molecule has 2 aliphatic heterocycles. The van der Waals surface area contributed by atoms with Crippen molar-refractivity contribution < 1.29 is 4.74 Å². The first kappa shape index (κ1) is 17.5. The fourth-order valence-electron chi connectivity index (χ4n) is 6.02. The number of pyridine rings is 1. The standard InChI is InChI=1S/C31H19NO/c1-2-10-18(11-3-1)28-27-26(30-23-16-8-9-17-24(23)31(27)33-30)25-21-14-6-4-12-19(21)20-13-5-7-15-22(20)29(25)32-28/h1-17,30-31H. The number of hydrogen-bond acceptors (Lipinski definition) is 2. The van der Waals surface area contributed by atoms with Gasteiger partial charge in [0.25, 0.3) is 0 Å². The first-order valence-corrected chi connectivity index (χ1v) is 11.5. The molecule has 2 nitrogen and oxygen atoms in total. The predicted octanol–water partition coefficient (Wildman–Crippen LogP) is 7.73. The smallest absolute Gasteiger partial charge is 0.112 e. The maximum absolute atomic E-state index is 6.70. The van der Waals surface area contributed by atoms with Gasteiger partial charge in [-0.1, -0.05) is 103 Å². The van der Waals surface area contributed by atoms with E-state index in [-0.39, 0.29) is 12.2 Å². The summed E-state index contributed by atoms with van der Waals surface area (Å²) < 4.78 is 6.70. The molecular weight excluding hydrogens is 402 g/mol. The van der Waals surface area contributed by atoms with Gasteiger partial charge in [-0.05, 0) is 27.3 Å². The Bertz CT molecular complexity index is 1750. The summed E-state index contributed by atoms with van der Waals surface area (Å²) in [4.78, 5) is 5.41. The van der Waals surface area contributed by atoms with E-state index < -0.39 is 0 Å². The lowest BCUT2D eigenvalue weighted by Gasteiger charge is -2.22. The Labute approximate surface area is 191 Å². The normalized spacial score (nSPS) is 18.2. The van der Waals surface area contributed by atoms with E-state index in [1.807, 2.05) is 0 Å². The van der Waals surface area contributed by atoms with Gasteiger partial charge in [0.1, 0.15) is 12.2 Å². The molecule has 2 heteroatoms. The van der Waals surface area contributed by atoms with Crippen molar-refractivity contribution in [3.05, 3.63) is 125 Å². The van der Waals surface area contributed by atoms with Crippen molar-refractivity contribution in [2.45, 2.75) is 12.2 Å². The fraction of sp³-hybridized carbons (Fsp3) is 0.0645. The second kappa shape index (κ2) is 6.28. The van der Waals surface area contributed by atoms with Crippen molar-refractivity contribution in [3.8, 4) is 11.3 Å². The Morgan fingerprint density at radius 2 is 1.06 bits per heavy atom. The van der Waals surface area contributed by atoms with Crippen molar-refractivity contribution in [1.29, 1.82) is 0 Å². The molecule has 33 heavy (non-hydrogen) atoms. The topological polar surface area (TPSA) is 22.1 Å². The minimum absolute atomic E-state index is 0.0567. The van der Waals surface area contributed by atoms with Crippen molar-refractivity contribution in [3.63, 3.8) is 0 Å². The number of nitrogens with zero attached hydrogens (tertiary/aromatic N) is 1. The van der Waals surface area contributed by atoms with Crippen LogP contribution in [0.25, 0.3) is 43.7 Å². The summed E-state index contributed by atoms with van der Waals surface area (Å²) in [7, 11) is 0. The maximum atomic E-state index is 6.70. The van der Waals surface area contributed by atoms with Crippen molar-refractivity contribution in [1.82, 2.24) is 4.98 Å². The Kier molecular flexibility index (Phi) is 3.34. The summed E-state index contributed by atoms with van der Waals surface area (Å²) in [6.07, 6.45) is -0.128. The van der Waals surface area contributed by atoms with Crippen LogP contribution in [0.1, 0.15) is 34.5 Å². The first-order valence-electron chi connectivity index (χ1n) is 11.5. The van der Waals surface area contributed by atoms with E-state index in [2.05, 4.69) is 103 Å². The molecule has 2 atom stereocenters. The fourth-order valence-corrected chi connectivity index (χ4v) is 6.02. The molecule has 0 amide bonds. The van der Waals surface area contributed by atoms with Crippen LogP contribution in [-0.4, -0.2) is 4.98 Å². The molecule has 2 bridgehead atoms. The van der Waals surface area contributed by atoms with Gasteiger partial charge in [-0.2, -0.15) is 0 Å². The highest BCUT2D eigenvalue weighted by Crippen LogP contribution is 2.59. The Hall–Kier alpha value is -4.01. The molecule has 6 aromatic rings. The van der Waals surface area contributed by atoms with Crippen LogP contribution in [0.15, 0.2) is 103 Å². The van der Waals surface area contributed by atoms with Gasteiger partial charge in [-0.15, -0.1) is 0 Å². The van der Waals surface area contributed by atoms with Crippen molar-refractivity contribution in [2.75, 3.05) is 0 Å². The largest absolute Gasteiger partial charge is 0.356 e. The molecule has 0 spiro atoms. The quantitative estimate of drug-likeness (QED) is 0.253. The van der Waals surface area contributed by atoms with Gasteiger partial charge in [-0.3, -0.25) is 0 Å². The number of ether oxygens (including phenoxy) is 1. The summed E-state index contributed by atoms with van der Waals surface area (Å²) in [5.74, 6) is 0. The SMILES string of the molecule is c1ccc(-c2nc3c4ccccc4c4ccccc4c3c3c2C2OC3c3ccccc32)cc1. The third-order valence-electron chi connectivity index (χ3n) is 7.35. The zero-order valence-corrected chi connectivity index (χ0v) is 17.8. The van der Waals surface area contributed by atoms with Crippen LogP contribution in [0.2, 0.25) is 0 Å². The molecule has 0 fully saturated rings. The van der Waals surface area contributed by atoms with E-state index in [1.54, 1.807) is 0 Å². The summed E-state index contributed by atoms with van der Waals surface area (Å²) in [6, 6.07) is 36.6. The molecule has 5 aromatic carbocycles. The molecule has 1 aromatic heterocycles. The molecular formula is C31H19NO. The Balaban J connectivity index is 1.63. The van der Waals surface area contributed by atoms with Crippen LogP contribution in [-0.2, 0) is 4.74 Å². The molecule has 0 radical (unpaired) electrons. The van der Waals surface area contributed by atoms with Gasteiger partial charge in [0.15, 0.2) is 0 Å². The second-order valence-corrected chi connectivity index (χ2v) is 8.99. The second-order valence-electron chi connectivity index (χ2n) is 8.99. The van der Waals surface area contributed by atoms with Gasteiger partial charge in [0.2, 0.25) is 0 Å². The van der Waals surface area contributed by atoms with Crippen LogP contribution in [0.3, 0.4) is 0 Å². The Morgan fingerprint density at radius 1 is 0.515 bits per heavy atom.